The van der Waals surface area contributed by atoms with E-state index in [4.69, 9.17) is 0 Å². The Morgan fingerprint density at radius 3 is 2.27 bits per heavy atom. The second kappa shape index (κ2) is 8.12. The molecule has 1 aromatic heterocycles. The first-order valence-electron chi connectivity index (χ1n) is 10.1. The lowest BCUT2D eigenvalue weighted by atomic mass is 9.97. The van der Waals surface area contributed by atoms with Crippen molar-refractivity contribution in [2.45, 2.75) is 16.8 Å². The molecular weight excluding hydrogens is 435 g/mol. The molecule has 0 unspecified atom stereocenters. The summed E-state index contributed by atoms with van der Waals surface area (Å²) in [5, 5.41) is 10.4. The smallest absolute Gasteiger partial charge is 0.212 e. The quantitative estimate of drug-likeness (QED) is 0.314. The number of hydrogen-bond donors (Lipinski definition) is 0. The highest BCUT2D eigenvalue weighted by atomic mass is 32.2. The van der Waals surface area contributed by atoms with E-state index < -0.39 is 11.6 Å². The van der Waals surface area contributed by atoms with E-state index in [-0.39, 0.29) is 28.2 Å². The molecule has 0 fully saturated rings. The van der Waals surface area contributed by atoms with E-state index in [2.05, 4.69) is 11.1 Å². The Hall–Kier alpha value is -4.08. The van der Waals surface area contributed by atoms with Crippen LogP contribution in [0.5, 0.6) is 0 Å². The molecule has 0 radical (unpaired) electrons. The van der Waals surface area contributed by atoms with Crippen molar-refractivity contribution in [3.05, 3.63) is 112 Å². The Morgan fingerprint density at radius 2 is 1.61 bits per heavy atom. The lowest BCUT2D eigenvalue weighted by Gasteiger charge is -2.13. The summed E-state index contributed by atoms with van der Waals surface area (Å²) in [6.07, 6.45) is 0. The van der Waals surface area contributed by atoms with Crippen molar-refractivity contribution < 1.29 is 14.0 Å². The fourth-order valence-corrected chi connectivity index (χ4v) is 4.77. The number of aryl methyl sites for hydroxylation is 1. The van der Waals surface area contributed by atoms with Gasteiger partial charge in [0.2, 0.25) is 5.78 Å². The molecular formula is C27H15FN2O2S. The first kappa shape index (κ1) is 20.8. The molecule has 6 heteroatoms. The number of nitrogens with zero attached hydrogens (tertiary/aromatic N) is 2. The van der Waals surface area contributed by atoms with Gasteiger partial charge in [-0.1, -0.05) is 53.7 Å². The summed E-state index contributed by atoms with van der Waals surface area (Å²) in [7, 11) is 0. The molecule has 0 atom stereocenters. The summed E-state index contributed by atoms with van der Waals surface area (Å²) in [5.41, 5.74) is 3.10. The van der Waals surface area contributed by atoms with Gasteiger partial charge in [-0.2, -0.15) is 5.26 Å². The van der Waals surface area contributed by atoms with Crippen LogP contribution in [-0.4, -0.2) is 16.6 Å². The second-order valence-corrected chi connectivity index (χ2v) is 8.69. The summed E-state index contributed by atoms with van der Waals surface area (Å²) >= 11 is 1.26. The minimum absolute atomic E-state index is 0.0357. The van der Waals surface area contributed by atoms with Gasteiger partial charge in [-0.05, 0) is 48.9 Å². The number of benzene rings is 3. The lowest BCUT2D eigenvalue weighted by molar-refractivity contribution is 0.100. The van der Waals surface area contributed by atoms with Gasteiger partial charge >= 0.3 is 0 Å². The van der Waals surface area contributed by atoms with Crippen molar-refractivity contribution >= 4 is 23.3 Å². The van der Waals surface area contributed by atoms with Crippen molar-refractivity contribution in [1.29, 1.82) is 5.26 Å². The molecule has 5 rings (SSSR count). The highest BCUT2D eigenvalue weighted by Gasteiger charge is 2.36. The molecule has 4 nitrogen and oxygen atoms in total. The summed E-state index contributed by atoms with van der Waals surface area (Å²) in [4.78, 5) is 32.1. The molecule has 1 aliphatic rings. The Bertz CT molecular complexity index is 1490. The molecule has 1 heterocycles. The third-order valence-electron chi connectivity index (χ3n) is 5.50. The minimum Gasteiger partial charge on any atom is -0.288 e. The normalized spacial score (nSPS) is 11.6. The van der Waals surface area contributed by atoms with Crippen LogP contribution in [0.4, 0.5) is 4.39 Å². The molecule has 0 spiro atoms. The zero-order valence-electron chi connectivity index (χ0n) is 17.4. The lowest BCUT2D eigenvalue weighted by Crippen LogP contribution is -2.13. The SMILES string of the molecule is Cc1ccc(Sc2nc(C(=O)c3ccc(F)cc3)c3c(c2C#N)-c2ccccc2C3=O)cc1. The zero-order valence-corrected chi connectivity index (χ0v) is 18.2. The van der Waals surface area contributed by atoms with E-state index in [9.17, 15) is 19.2 Å². The first-order valence-corrected chi connectivity index (χ1v) is 11.0. The number of ketones is 2. The van der Waals surface area contributed by atoms with Crippen LogP contribution in [0.2, 0.25) is 0 Å². The molecule has 3 aromatic carbocycles. The van der Waals surface area contributed by atoms with Gasteiger partial charge in [-0.15, -0.1) is 0 Å². The number of pyridine rings is 1. The van der Waals surface area contributed by atoms with Gasteiger partial charge in [0.15, 0.2) is 5.78 Å². The summed E-state index contributed by atoms with van der Waals surface area (Å²) in [6, 6.07) is 22.0. The predicted molar refractivity (Wildman–Crippen MR) is 123 cm³/mol. The summed E-state index contributed by atoms with van der Waals surface area (Å²) in [5.74, 6) is -1.31. The van der Waals surface area contributed by atoms with Crippen LogP contribution in [0.25, 0.3) is 11.1 Å². The van der Waals surface area contributed by atoms with Crippen LogP contribution in [0.1, 0.15) is 43.1 Å². The van der Waals surface area contributed by atoms with Crippen molar-refractivity contribution in [3.8, 4) is 17.2 Å². The van der Waals surface area contributed by atoms with Crippen LogP contribution < -0.4 is 0 Å². The summed E-state index contributed by atoms with van der Waals surface area (Å²) in [6.45, 7) is 1.98. The number of carbonyl (C=O) groups is 2. The fraction of sp³-hybridized carbons (Fsp3) is 0.0370. The molecule has 0 saturated heterocycles. The predicted octanol–water partition coefficient (Wildman–Crippen LogP) is 5.99. The zero-order chi connectivity index (χ0) is 23.1. The monoisotopic (exact) mass is 450 g/mol. The largest absolute Gasteiger partial charge is 0.288 e. The number of rotatable bonds is 4. The molecule has 0 amide bonds. The number of carbonyl (C=O) groups excluding carboxylic acids is 2. The Balaban J connectivity index is 1.76. The van der Waals surface area contributed by atoms with E-state index in [0.29, 0.717) is 21.7 Å². The van der Waals surface area contributed by atoms with Gasteiger partial charge in [0.25, 0.3) is 0 Å². The van der Waals surface area contributed by atoms with Crippen molar-refractivity contribution in [3.63, 3.8) is 0 Å². The van der Waals surface area contributed by atoms with Crippen LogP contribution in [0, 0.1) is 24.1 Å². The highest BCUT2D eigenvalue weighted by Crippen LogP contribution is 2.44. The highest BCUT2D eigenvalue weighted by molar-refractivity contribution is 7.99. The third-order valence-corrected chi connectivity index (χ3v) is 6.50. The Kier molecular flexibility index (Phi) is 5.12. The topological polar surface area (TPSA) is 70.8 Å². The van der Waals surface area contributed by atoms with Crippen molar-refractivity contribution in [1.82, 2.24) is 4.98 Å². The van der Waals surface area contributed by atoms with Crippen molar-refractivity contribution in [2.75, 3.05) is 0 Å². The molecule has 0 N–H and O–H groups in total. The van der Waals surface area contributed by atoms with Gasteiger partial charge in [0.1, 0.15) is 22.6 Å². The maximum atomic E-state index is 13.4. The van der Waals surface area contributed by atoms with Gasteiger partial charge in [0.05, 0.1) is 11.1 Å². The van der Waals surface area contributed by atoms with Crippen LogP contribution >= 0.6 is 11.8 Å². The average Bonchev–Trinajstić information content (AvgIpc) is 3.13. The fourth-order valence-electron chi connectivity index (χ4n) is 3.89. The van der Waals surface area contributed by atoms with E-state index in [1.54, 1.807) is 24.3 Å². The molecule has 1 aliphatic carbocycles. The average molecular weight is 450 g/mol. The van der Waals surface area contributed by atoms with Gasteiger partial charge in [-0.3, -0.25) is 9.59 Å². The minimum atomic E-state index is -0.498. The number of hydrogen-bond acceptors (Lipinski definition) is 5. The number of halogens is 1. The molecule has 4 aromatic rings. The van der Waals surface area contributed by atoms with Gasteiger partial charge in [0, 0.05) is 21.6 Å². The number of aromatic nitrogens is 1. The van der Waals surface area contributed by atoms with Crippen molar-refractivity contribution in [2.24, 2.45) is 0 Å². The van der Waals surface area contributed by atoms with E-state index in [0.717, 1.165) is 10.5 Å². The van der Waals surface area contributed by atoms with E-state index in [1.165, 1.54) is 36.0 Å². The Labute approximate surface area is 193 Å². The number of nitriles is 1. The molecule has 33 heavy (non-hydrogen) atoms. The maximum absolute atomic E-state index is 13.4. The number of fused-ring (bicyclic) bond motifs is 3. The van der Waals surface area contributed by atoms with E-state index >= 15 is 0 Å². The van der Waals surface area contributed by atoms with Gasteiger partial charge in [-0.25, -0.2) is 9.37 Å². The van der Waals surface area contributed by atoms with Crippen LogP contribution in [0.3, 0.4) is 0 Å². The first-order chi connectivity index (χ1) is 16.0. The molecule has 0 bridgehead atoms. The van der Waals surface area contributed by atoms with Crippen LogP contribution in [-0.2, 0) is 0 Å². The Morgan fingerprint density at radius 1 is 0.939 bits per heavy atom. The van der Waals surface area contributed by atoms with Gasteiger partial charge < -0.3 is 0 Å². The molecule has 158 valence electrons. The maximum Gasteiger partial charge on any atom is 0.212 e. The summed E-state index contributed by atoms with van der Waals surface area (Å²) < 4.78 is 13.4. The standard InChI is InChI=1S/C27H15FN2O2S/c1-15-6-12-18(13-7-15)33-27-21(14-29)22-19-4-2-3-5-20(19)26(32)23(22)24(30-27)25(31)16-8-10-17(28)11-9-16/h2-13H,1H3. The second-order valence-electron chi connectivity index (χ2n) is 7.63. The third kappa shape index (κ3) is 3.53. The molecule has 0 aliphatic heterocycles. The molecule has 0 saturated carbocycles. The van der Waals surface area contributed by atoms with Crippen LogP contribution in [0.15, 0.2) is 82.7 Å². The van der Waals surface area contributed by atoms with E-state index in [1.807, 2.05) is 31.2 Å².